The number of nitrogens with one attached hydrogen (secondary N) is 2. The fourth-order valence-electron chi connectivity index (χ4n) is 4.33. The van der Waals surface area contributed by atoms with E-state index < -0.39 is 16.1 Å². The van der Waals surface area contributed by atoms with Crippen LogP contribution in [0.5, 0.6) is 0 Å². The Bertz CT molecular complexity index is 1460. The summed E-state index contributed by atoms with van der Waals surface area (Å²) >= 11 is 0. The number of nitrogens with zero attached hydrogens (tertiary/aromatic N) is 3. The zero-order valence-corrected chi connectivity index (χ0v) is 21.3. The van der Waals surface area contributed by atoms with Crippen LogP contribution in [0.4, 0.5) is 17.4 Å². The summed E-state index contributed by atoms with van der Waals surface area (Å²) in [5.74, 6) is 0. The third-order valence-electron chi connectivity index (χ3n) is 6.30. The van der Waals surface area contributed by atoms with Gasteiger partial charge in [-0.25, -0.2) is 8.42 Å². The average Bonchev–Trinajstić information content (AvgIpc) is 3.53. The van der Waals surface area contributed by atoms with E-state index in [4.69, 9.17) is 4.42 Å². The molecule has 1 aliphatic heterocycles. The second-order valence-corrected chi connectivity index (χ2v) is 10.7. The van der Waals surface area contributed by atoms with Crippen molar-refractivity contribution in [2.75, 3.05) is 29.3 Å². The van der Waals surface area contributed by atoms with Crippen LogP contribution in [0.1, 0.15) is 28.5 Å². The number of aliphatic hydroxyl groups excluding tert-OH is 1. The summed E-state index contributed by atoms with van der Waals surface area (Å²) in [4.78, 5) is 10.6. The van der Waals surface area contributed by atoms with Crippen molar-refractivity contribution in [3.8, 4) is 0 Å². The Morgan fingerprint density at radius 1 is 1.16 bits per heavy atom. The first kappa shape index (κ1) is 24.9. The highest BCUT2D eigenvalue weighted by atomic mass is 32.2. The molecule has 2 aromatic heterocycles. The summed E-state index contributed by atoms with van der Waals surface area (Å²) in [7, 11) is -3.74. The number of oxazole rings is 1. The largest absolute Gasteiger partial charge is 0.432 e. The minimum Gasteiger partial charge on any atom is -0.432 e. The zero-order valence-electron chi connectivity index (χ0n) is 20.5. The third kappa shape index (κ3) is 5.82. The van der Waals surface area contributed by atoms with Gasteiger partial charge in [-0.2, -0.15) is 4.98 Å². The maximum atomic E-state index is 13.0. The van der Waals surface area contributed by atoms with E-state index in [1.807, 2.05) is 30.0 Å². The summed E-state index contributed by atoms with van der Waals surface area (Å²) in [5, 5.41) is 13.4. The molecule has 4 aromatic rings. The maximum absolute atomic E-state index is 13.0. The Balaban J connectivity index is 1.16. The number of benzene rings is 2. The molecule has 0 saturated carbocycles. The second-order valence-electron chi connectivity index (χ2n) is 9.02. The molecule has 3 N–H and O–H groups in total. The second kappa shape index (κ2) is 10.7. The zero-order chi connectivity index (χ0) is 25.8. The van der Waals surface area contributed by atoms with Crippen LogP contribution in [0.15, 0.2) is 82.6 Å². The predicted molar refractivity (Wildman–Crippen MR) is 141 cm³/mol. The van der Waals surface area contributed by atoms with Crippen molar-refractivity contribution in [1.29, 1.82) is 0 Å². The molecule has 0 radical (unpaired) electrons. The van der Waals surface area contributed by atoms with Crippen molar-refractivity contribution in [2.24, 2.45) is 0 Å². The number of anilines is 3. The summed E-state index contributed by atoms with van der Waals surface area (Å²) in [6.45, 7) is 3.66. The number of hydrogen-bond donors (Lipinski definition) is 3. The quantitative estimate of drug-likeness (QED) is 0.271. The smallest absolute Gasteiger partial charge is 0.302 e. The van der Waals surface area contributed by atoms with Crippen molar-refractivity contribution in [2.45, 2.75) is 30.8 Å². The maximum Gasteiger partial charge on any atom is 0.302 e. The van der Waals surface area contributed by atoms with Gasteiger partial charge >= 0.3 is 6.01 Å². The fourth-order valence-corrected chi connectivity index (χ4v) is 5.43. The topological polar surface area (TPSA) is 121 Å². The molecule has 0 fully saturated rings. The van der Waals surface area contributed by atoms with Crippen LogP contribution in [0.2, 0.25) is 0 Å². The predicted octanol–water partition coefficient (Wildman–Crippen LogP) is 3.74. The van der Waals surface area contributed by atoms with Crippen molar-refractivity contribution in [3.05, 3.63) is 95.6 Å². The number of rotatable bonds is 10. The van der Waals surface area contributed by atoms with Gasteiger partial charge in [-0.1, -0.05) is 18.2 Å². The molecule has 37 heavy (non-hydrogen) atoms. The number of aromatic nitrogens is 2. The monoisotopic (exact) mass is 519 g/mol. The lowest BCUT2D eigenvalue weighted by Gasteiger charge is -2.15. The normalized spacial score (nSPS) is 13.9. The first-order chi connectivity index (χ1) is 17.9. The van der Waals surface area contributed by atoms with Crippen molar-refractivity contribution < 1.29 is 17.9 Å². The molecule has 1 atom stereocenters. The van der Waals surface area contributed by atoms with E-state index in [2.05, 4.69) is 20.0 Å². The van der Waals surface area contributed by atoms with Crippen LogP contribution >= 0.6 is 0 Å². The van der Waals surface area contributed by atoms with Crippen LogP contribution in [-0.4, -0.2) is 43.1 Å². The molecule has 192 valence electrons. The molecule has 5 rings (SSSR count). The SMILES string of the molecule is Cc1coc(N2CCc3cc(S(=O)(=O)Nc4ccc(CCNCC(O)c5cccnc5)cc4)ccc32)n1. The highest BCUT2D eigenvalue weighted by molar-refractivity contribution is 7.92. The number of fused-ring (bicyclic) bond motifs is 1. The van der Waals surface area contributed by atoms with Gasteiger partial charge in [-0.15, -0.1) is 0 Å². The number of pyridine rings is 1. The molecule has 0 bridgehead atoms. The van der Waals surface area contributed by atoms with E-state index in [0.29, 0.717) is 37.8 Å². The van der Waals surface area contributed by atoms with E-state index in [-0.39, 0.29) is 4.90 Å². The lowest BCUT2D eigenvalue weighted by Crippen LogP contribution is -2.23. The Labute approximate surface area is 216 Å². The van der Waals surface area contributed by atoms with Gasteiger partial charge in [0, 0.05) is 42.4 Å². The van der Waals surface area contributed by atoms with E-state index in [1.54, 1.807) is 55.1 Å². The molecule has 10 heteroatoms. The number of sulfonamides is 1. The minimum absolute atomic E-state index is 0.220. The van der Waals surface area contributed by atoms with Gasteiger partial charge in [-0.05, 0) is 73.8 Å². The highest BCUT2D eigenvalue weighted by Crippen LogP contribution is 2.35. The van der Waals surface area contributed by atoms with Crippen LogP contribution in [0.3, 0.4) is 0 Å². The number of hydrogen-bond acceptors (Lipinski definition) is 8. The first-order valence-corrected chi connectivity index (χ1v) is 13.6. The lowest BCUT2D eigenvalue weighted by molar-refractivity contribution is 0.174. The fraction of sp³-hybridized carbons (Fsp3) is 0.259. The summed E-state index contributed by atoms with van der Waals surface area (Å²) in [6.07, 6.45) is 5.78. The van der Waals surface area contributed by atoms with Crippen LogP contribution in [0.25, 0.3) is 0 Å². The van der Waals surface area contributed by atoms with Gasteiger partial charge in [-0.3, -0.25) is 14.6 Å². The van der Waals surface area contributed by atoms with Crippen LogP contribution in [-0.2, 0) is 22.9 Å². The van der Waals surface area contributed by atoms with Gasteiger partial charge in [0.05, 0.1) is 16.7 Å². The molecule has 1 unspecified atom stereocenters. The van der Waals surface area contributed by atoms with Crippen LogP contribution < -0.4 is 14.9 Å². The van der Waals surface area contributed by atoms with Gasteiger partial charge in [0.1, 0.15) is 6.26 Å². The molecule has 2 aromatic carbocycles. The Morgan fingerprint density at radius 3 is 2.73 bits per heavy atom. The van der Waals surface area contributed by atoms with Crippen molar-refractivity contribution in [1.82, 2.24) is 15.3 Å². The number of aryl methyl sites for hydroxylation is 1. The molecule has 0 aliphatic carbocycles. The van der Waals surface area contributed by atoms with E-state index in [9.17, 15) is 13.5 Å². The molecule has 0 amide bonds. The van der Waals surface area contributed by atoms with Gasteiger partial charge in [0.15, 0.2) is 0 Å². The lowest BCUT2D eigenvalue weighted by atomic mass is 10.1. The molecule has 9 nitrogen and oxygen atoms in total. The standard InChI is InChI=1S/C27H29N5O4S/c1-19-18-36-27(30-19)32-14-11-21-15-24(8-9-25(21)32)37(34,35)31-23-6-4-20(5-7-23)10-13-29-17-26(33)22-3-2-12-28-16-22/h2-9,12,15-16,18,26,29,31,33H,10-11,13-14,17H2,1H3. The van der Waals surface area contributed by atoms with E-state index >= 15 is 0 Å². The molecule has 3 heterocycles. The van der Waals surface area contributed by atoms with Crippen molar-refractivity contribution >= 4 is 27.4 Å². The highest BCUT2D eigenvalue weighted by Gasteiger charge is 2.26. The molecule has 0 saturated heterocycles. The molecular weight excluding hydrogens is 490 g/mol. The minimum atomic E-state index is -3.74. The summed E-state index contributed by atoms with van der Waals surface area (Å²) in [6, 6.07) is 16.6. The van der Waals surface area contributed by atoms with E-state index in [1.165, 1.54) is 0 Å². The third-order valence-corrected chi connectivity index (χ3v) is 7.68. The average molecular weight is 520 g/mol. The van der Waals surface area contributed by atoms with Crippen LogP contribution in [0, 0.1) is 6.92 Å². The van der Waals surface area contributed by atoms with Gasteiger partial charge in [0.25, 0.3) is 10.0 Å². The Hall–Kier alpha value is -3.73. The summed E-state index contributed by atoms with van der Waals surface area (Å²) < 4.78 is 34.3. The summed E-state index contributed by atoms with van der Waals surface area (Å²) in [5.41, 5.74) is 4.99. The molecular formula is C27H29N5O4S. The van der Waals surface area contributed by atoms with Gasteiger partial charge < -0.3 is 14.8 Å². The van der Waals surface area contributed by atoms with Crippen molar-refractivity contribution in [3.63, 3.8) is 0 Å². The Kier molecular flexibility index (Phi) is 7.22. The Morgan fingerprint density at radius 2 is 2.00 bits per heavy atom. The number of aliphatic hydroxyl groups is 1. The van der Waals surface area contributed by atoms with Gasteiger partial charge in [0.2, 0.25) is 0 Å². The van der Waals surface area contributed by atoms with E-state index in [0.717, 1.165) is 34.5 Å². The molecule has 1 aliphatic rings. The molecule has 0 spiro atoms. The first-order valence-electron chi connectivity index (χ1n) is 12.1.